The van der Waals surface area contributed by atoms with Gasteiger partial charge >= 0.3 is 5.97 Å². The minimum absolute atomic E-state index is 0.0812. The molecule has 0 saturated carbocycles. The number of aliphatic carboxylic acids is 1. The number of carboxylic acids is 1. The van der Waals surface area contributed by atoms with Crippen molar-refractivity contribution in [3.8, 4) is 0 Å². The van der Waals surface area contributed by atoms with Crippen LogP contribution in [-0.2, 0) is 19.2 Å². The highest BCUT2D eigenvalue weighted by Crippen LogP contribution is 2.11. The van der Waals surface area contributed by atoms with Gasteiger partial charge in [-0.1, -0.05) is 34.1 Å². The Kier molecular flexibility index (Phi) is 14.1. The SMILES string of the molecule is CCC(C)C(NC(=O)C(CCCN=C(N)N)NC(=O)C(N)CS)C(=O)NC(C(=O)O)C(C)C. The second kappa shape index (κ2) is 15.3. The third-order valence-electron chi connectivity index (χ3n) is 5.14. The van der Waals surface area contributed by atoms with Gasteiger partial charge in [0.05, 0.1) is 6.04 Å². The molecule has 0 aromatic heterocycles. The summed E-state index contributed by atoms with van der Waals surface area (Å²) in [7, 11) is 0. The van der Waals surface area contributed by atoms with Gasteiger partial charge in [-0.25, -0.2) is 4.79 Å². The Morgan fingerprint density at radius 1 is 0.970 bits per heavy atom. The van der Waals surface area contributed by atoms with E-state index >= 15 is 0 Å². The van der Waals surface area contributed by atoms with E-state index < -0.39 is 47.9 Å². The van der Waals surface area contributed by atoms with E-state index in [-0.39, 0.29) is 36.5 Å². The van der Waals surface area contributed by atoms with Crippen molar-refractivity contribution in [2.75, 3.05) is 12.3 Å². The minimum atomic E-state index is -1.17. The first-order valence-electron chi connectivity index (χ1n) is 10.9. The maximum Gasteiger partial charge on any atom is 0.326 e. The van der Waals surface area contributed by atoms with Crippen LogP contribution in [0.25, 0.3) is 0 Å². The molecule has 0 aromatic rings. The van der Waals surface area contributed by atoms with E-state index in [1.54, 1.807) is 20.8 Å². The van der Waals surface area contributed by atoms with Gasteiger partial charge in [0, 0.05) is 12.3 Å². The number of hydrogen-bond acceptors (Lipinski definition) is 7. The van der Waals surface area contributed by atoms with Gasteiger partial charge in [-0.15, -0.1) is 0 Å². The van der Waals surface area contributed by atoms with Crippen molar-refractivity contribution in [2.45, 2.75) is 71.1 Å². The number of nitrogens with zero attached hydrogens (tertiary/aromatic N) is 1. The molecule has 0 radical (unpaired) electrons. The van der Waals surface area contributed by atoms with Gasteiger partial charge in [0.2, 0.25) is 17.7 Å². The summed E-state index contributed by atoms with van der Waals surface area (Å²) < 4.78 is 0. The number of rotatable bonds is 15. The highest BCUT2D eigenvalue weighted by Gasteiger charge is 2.33. The van der Waals surface area contributed by atoms with Crippen molar-refractivity contribution >= 4 is 42.3 Å². The lowest BCUT2D eigenvalue weighted by molar-refractivity contribution is -0.144. The molecular formula is C20H39N7O5S. The number of nitrogens with two attached hydrogens (primary N) is 3. The largest absolute Gasteiger partial charge is 0.480 e. The summed E-state index contributed by atoms with van der Waals surface area (Å²) in [6, 6.07) is -4.03. The number of carbonyl (C=O) groups is 4. The molecule has 33 heavy (non-hydrogen) atoms. The van der Waals surface area contributed by atoms with Crippen LogP contribution in [0.1, 0.15) is 47.0 Å². The Morgan fingerprint density at radius 3 is 2.00 bits per heavy atom. The zero-order valence-corrected chi connectivity index (χ0v) is 20.6. The molecule has 5 unspecified atom stereocenters. The monoisotopic (exact) mass is 489 g/mol. The van der Waals surface area contributed by atoms with Crippen molar-refractivity contribution in [1.82, 2.24) is 16.0 Å². The fraction of sp³-hybridized carbons (Fsp3) is 0.750. The molecule has 0 aliphatic heterocycles. The number of thiol groups is 1. The van der Waals surface area contributed by atoms with Crippen LogP contribution in [0, 0.1) is 11.8 Å². The Bertz CT molecular complexity index is 700. The van der Waals surface area contributed by atoms with Crippen LogP contribution in [0.5, 0.6) is 0 Å². The molecule has 190 valence electrons. The van der Waals surface area contributed by atoms with E-state index in [1.807, 2.05) is 6.92 Å². The standard InChI is InChI=1S/C20H39N7O5S/c1-5-11(4)15(18(30)26-14(10(2)3)19(31)32)27-17(29)13(7-6-8-24-20(22)23)25-16(28)12(21)9-33/h10-15,33H,5-9,21H2,1-4H3,(H,25,28)(H,26,30)(H,27,29)(H,31,32)(H4,22,23,24). The molecule has 0 fully saturated rings. The number of guanidine groups is 1. The number of nitrogens with one attached hydrogen (secondary N) is 3. The molecule has 5 atom stereocenters. The summed E-state index contributed by atoms with van der Waals surface area (Å²) in [6.07, 6.45) is 1.11. The minimum Gasteiger partial charge on any atom is -0.480 e. The van der Waals surface area contributed by atoms with Crippen LogP contribution in [0.4, 0.5) is 0 Å². The van der Waals surface area contributed by atoms with Gasteiger partial charge in [-0.3, -0.25) is 19.4 Å². The van der Waals surface area contributed by atoms with Gasteiger partial charge in [0.15, 0.2) is 5.96 Å². The summed E-state index contributed by atoms with van der Waals surface area (Å²) >= 11 is 3.99. The summed E-state index contributed by atoms with van der Waals surface area (Å²) in [4.78, 5) is 53.5. The molecule has 13 heteroatoms. The normalized spacial score (nSPS) is 15.5. The fourth-order valence-corrected chi connectivity index (χ4v) is 3.01. The van der Waals surface area contributed by atoms with E-state index in [0.29, 0.717) is 12.8 Å². The number of amides is 3. The summed E-state index contributed by atoms with van der Waals surface area (Å²) in [6.45, 7) is 7.18. The van der Waals surface area contributed by atoms with E-state index in [9.17, 15) is 24.3 Å². The van der Waals surface area contributed by atoms with Crippen LogP contribution < -0.4 is 33.2 Å². The van der Waals surface area contributed by atoms with Crippen LogP contribution in [-0.4, -0.2) is 71.2 Å². The quantitative estimate of drug-likeness (QED) is 0.0587. The highest BCUT2D eigenvalue weighted by molar-refractivity contribution is 7.80. The van der Waals surface area contributed by atoms with E-state index in [2.05, 4.69) is 33.6 Å². The first kappa shape index (κ1) is 30.5. The van der Waals surface area contributed by atoms with Crippen molar-refractivity contribution in [1.29, 1.82) is 0 Å². The van der Waals surface area contributed by atoms with Crippen LogP contribution in [0.3, 0.4) is 0 Å². The number of aliphatic imine (C=N–C) groups is 1. The molecule has 0 aliphatic rings. The highest BCUT2D eigenvalue weighted by atomic mass is 32.1. The van der Waals surface area contributed by atoms with Gasteiger partial charge in [-0.2, -0.15) is 12.6 Å². The third kappa shape index (κ3) is 11.2. The number of carbonyl (C=O) groups excluding carboxylic acids is 3. The molecule has 10 N–H and O–H groups in total. The Labute approximate surface area is 200 Å². The summed E-state index contributed by atoms with van der Waals surface area (Å²) in [5.41, 5.74) is 16.3. The lowest BCUT2D eigenvalue weighted by Crippen LogP contribution is -2.59. The van der Waals surface area contributed by atoms with Crippen molar-refractivity contribution < 1.29 is 24.3 Å². The molecule has 0 spiro atoms. The zero-order chi connectivity index (χ0) is 25.7. The lowest BCUT2D eigenvalue weighted by Gasteiger charge is -2.28. The van der Waals surface area contributed by atoms with Crippen molar-refractivity contribution in [3.63, 3.8) is 0 Å². The Hall–Kier alpha value is -2.54. The molecule has 12 nitrogen and oxygen atoms in total. The maximum absolute atomic E-state index is 13.0. The van der Waals surface area contributed by atoms with Crippen molar-refractivity contribution in [2.24, 2.45) is 34.0 Å². The first-order valence-corrected chi connectivity index (χ1v) is 11.5. The Morgan fingerprint density at radius 2 is 1.55 bits per heavy atom. The van der Waals surface area contributed by atoms with Gasteiger partial charge in [0.25, 0.3) is 0 Å². The average molecular weight is 490 g/mol. The predicted octanol–water partition coefficient (Wildman–Crippen LogP) is -1.46. The maximum atomic E-state index is 13.0. The molecule has 0 bridgehead atoms. The molecule has 0 rings (SSSR count). The molecule has 0 heterocycles. The fourth-order valence-electron chi connectivity index (χ4n) is 2.85. The number of carboxylic acid groups (broad SMARTS) is 1. The summed E-state index contributed by atoms with van der Waals surface area (Å²) in [5.74, 6) is -3.62. The topological polar surface area (TPSA) is 215 Å². The molecule has 0 aliphatic carbocycles. The first-order chi connectivity index (χ1) is 15.3. The summed E-state index contributed by atoms with van der Waals surface area (Å²) in [5, 5.41) is 17.1. The average Bonchev–Trinajstić information content (AvgIpc) is 2.75. The number of hydrogen-bond donors (Lipinski definition) is 8. The predicted molar refractivity (Wildman–Crippen MR) is 129 cm³/mol. The Balaban J connectivity index is 5.57. The van der Waals surface area contributed by atoms with Crippen molar-refractivity contribution in [3.05, 3.63) is 0 Å². The zero-order valence-electron chi connectivity index (χ0n) is 19.7. The molecule has 3 amide bonds. The molecule has 0 saturated heterocycles. The van der Waals surface area contributed by atoms with E-state index in [0.717, 1.165) is 0 Å². The molecule has 0 aromatic carbocycles. The van der Waals surface area contributed by atoms with E-state index in [1.165, 1.54) is 0 Å². The van der Waals surface area contributed by atoms with E-state index in [4.69, 9.17) is 17.2 Å². The van der Waals surface area contributed by atoms with Gasteiger partial charge < -0.3 is 38.3 Å². The third-order valence-corrected chi connectivity index (χ3v) is 5.53. The second-order valence-electron chi connectivity index (χ2n) is 8.24. The van der Waals surface area contributed by atoms with Crippen LogP contribution >= 0.6 is 12.6 Å². The van der Waals surface area contributed by atoms with Crippen LogP contribution in [0.15, 0.2) is 4.99 Å². The molecular weight excluding hydrogens is 450 g/mol. The van der Waals surface area contributed by atoms with Gasteiger partial charge in [-0.05, 0) is 24.7 Å². The van der Waals surface area contributed by atoms with Gasteiger partial charge in [0.1, 0.15) is 18.1 Å². The van der Waals surface area contributed by atoms with Crippen LogP contribution in [0.2, 0.25) is 0 Å². The smallest absolute Gasteiger partial charge is 0.326 e. The lowest BCUT2D eigenvalue weighted by atomic mass is 9.96. The second-order valence-corrected chi connectivity index (χ2v) is 8.60.